The summed E-state index contributed by atoms with van der Waals surface area (Å²) < 4.78 is 5.10. The molecule has 1 rings (SSSR count). The fourth-order valence-corrected chi connectivity index (χ4v) is 1.59. The number of phenols is 1. The Bertz CT molecular complexity index is 347. The van der Waals surface area contributed by atoms with Crippen LogP contribution in [0.2, 0.25) is 0 Å². The summed E-state index contributed by atoms with van der Waals surface area (Å²) in [6.07, 6.45) is 4.12. The maximum Gasteiger partial charge on any atom is 0.305 e. The minimum Gasteiger partial charge on any atom is -0.508 e. The molecule has 94 valence electrons. The molecule has 0 saturated carbocycles. The van der Waals surface area contributed by atoms with Gasteiger partial charge in [0.1, 0.15) is 5.75 Å². The van der Waals surface area contributed by atoms with Crippen molar-refractivity contribution >= 4 is 5.97 Å². The number of benzene rings is 1. The van der Waals surface area contributed by atoms with Crippen LogP contribution in [0.4, 0.5) is 0 Å². The van der Waals surface area contributed by atoms with Crippen LogP contribution < -0.4 is 0 Å². The van der Waals surface area contributed by atoms with Gasteiger partial charge in [-0.05, 0) is 18.1 Å². The van der Waals surface area contributed by atoms with Gasteiger partial charge in [-0.1, -0.05) is 38.0 Å². The molecule has 0 spiro atoms. The molecule has 0 bridgehead atoms. The average molecular weight is 236 g/mol. The molecule has 0 fully saturated rings. The van der Waals surface area contributed by atoms with Gasteiger partial charge in [0.25, 0.3) is 0 Å². The van der Waals surface area contributed by atoms with E-state index in [2.05, 4.69) is 6.92 Å². The predicted octanol–water partition coefficient (Wildman–Crippen LogP) is 3.06. The van der Waals surface area contributed by atoms with E-state index in [4.69, 9.17) is 4.74 Å². The molecule has 0 atom stereocenters. The Morgan fingerprint density at radius 3 is 2.76 bits per heavy atom. The van der Waals surface area contributed by atoms with E-state index in [1.165, 1.54) is 0 Å². The number of hydrogen-bond donors (Lipinski definition) is 1. The van der Waals surface area contributed by atoms with Crippen LogP contribution in [0.25, 0.3) is 0 Å². The Hall–Kier alpha value is -1.51. The largest absolute Gasteiger partial charge is 0.508 e. The number of rotatable bonds is 7. The minimum absolute atomic E-state index is 0.145. The summed E-state index contributed by atoms with van der Waals surface area (Å²) in [5.74, 6) is 0.114. The molecule has 1 N–H and O–H groups in total. The number of carbonyl (C=O) groups is 1. The number of unbranched alkanes of at least 4 members (excludes halogenated alkanes) is 2. The van der Waals surface area contributed by atoms with E-state index in [0.29, 0.717) is 19.4 Å². The maximum absolute atomic E-state index is 11.3. The summed E-state index contributed by atoms with van der Waals surface area (Å²) in [5, 5.41) is 9.51. The van der Waals surface area contributed by atoms with Crippen molar-refractivity contribution in [2.45, 2.75) is 39.0 Å². The van der Waals surface area contributed by atoms with E-state index >= 15 is 0 Å². The topological polar surface area (TPSA) is 46.5 Å². The molecule has 0 saturated heterocycles. The Morgan fingerprint density at radius 1 is 1.29 bits per heavy atom. The molecule has 0 unspecified atom stereocenters. The summed E-state index contributed by atoms with van der Waals surface area (Å²) in [7, 11) is 0. The number of hydrogen-bond acceptors (Lipinski definition) is 3. The predicted molar refractivity (Wildman–Crippen MR) is 66.9 cm³/mol. The first-order chi connectivity index (χ1) is 8.24. The van der Waals surface area contributed by atoms with E-state index in [1.807, 2.05) is 12.1 Å². The highest BCUT2D eigenvalue weighted by atomic mass is 16.5. The second-order valence-electron chi connectivity index (χ2n) is 4.06. The molecule has 1 aromatic rings. The molecular weight excluding hydrogens is 216 g/mol. The summed E-state index contributed by atoms with van der Waals surface area (Å²) >= 11 is 0. The third-order valence-electron chi connectivity index (χ3n) is 2.61. The summed E-state index contributed by atoms with van der Waals surface area (Å²) in [6, 6.07) is 7.10. The monoisotopic (exact) mass is 236 g/mol. The van der Waals surface area contributed by atoms with Gasteiger partial charge in [0.15, 0.2) is 0 Å². The standard InChI is InChI=1S/C14H20O3/c1-2-3-4-9-14(16)17-11-10-12-7-5-6-8-13(12)15/h5-8,15H,2-4,9-11H2,1H3. The van der Waals surface area contributed by atoms with E-state index < -0.39 is 0 Å². The molecule has 0 radical (unpaired) electrons. The normalized spacial score (nSPS) is 10.2. The molecule has 0 aliphatic heterocycles. The van der Waals surface area contributed by atoms with Gasteiger partial charge in [-0.15, -0.1) is 0 Å². The zero-order valence-electron chi connectivity index (χ0n) is 10.3. The van der Waals surface area contributed by atoms with Crippen LogP contribution in [0, 0.1) is 0 Å². The molecule has 0 heterocycles. The molecule has 3 heteroatoms. The second-order valence-corrected chi connectivity index (χ2v) is 4.06. The van der Waals surface area contributed by atoms with Gasteiger partial charge in [-0.3, -0.25) is 4.79 Å². The molecular formula is C14H20O3. The van der Waals surface area contributed by atoms with Crippen molar-refractivity contribution in [1.82, 2.24) is 0 Å². The minimum atomic E-state index is -0.145. The summed E-state index contributed by atoms with van der Waals surface area (Å²) in [5.41, 5.74) is 0.814. The molecule has 0 aromatic heterocycles. The van der Waals surface area contributed by atoms with Crippen LogP contribution in [0.15, 0.2) is 24.3 Å². The Labute approximate surface area is 102 Å². The van der Waals surface area contributed by atoms with Crippen molar-refractivity contribution in [2.75, 3.05) is 6.61 Å². The Morgan fingerprint density at radius 2 is 2.06 bits per heavy atom. The van der Waals surface area contributed by atoms with Crippen LogP contribution in [0.5, 0.6) is 5.75 Å². The van der Waals surface area contributed by atoms with Crippen molar-refractivity contribution in [3.05, 3.63) is 29.8 Å². The molecule has 0 aliphatic rings. The molecule has 1 aromatic carbocycles. The van der Waals surface area contributed by atoms with E-state index in [1.54, 1.807) is 12.1 Å². The third kappa shape index (κ3) is 5.38. The Balaban J connectivity index is 2.19. The van der Waals surface area contributed by atoms with Gasteiger partial charge in [0, 0.05) is 12.8 Å². The van der Waals surface area contributed by atoms with Crippen molar-refractivity contribution in [1.29, 1.82) is 0 Å². The van der Waals surface area contributed by atoms with Gasteiger partial charge in [-0.2, -0.15) is 0 Å². The van der Waals surface area contributed by atoms with Crippen molar-refractivity contribution < 1.29 is 14.6 Å². The van der Waals surface area contributed by atoms with Crippen LogP contribution in [-0.4, -0.2) is 17.7 Å². The summed E-state index contributed by atoms with van der Waals surface area (Å²) in [4.78, 5) is 11.3. The first-order valence-electron chi connectivity index (χ1n) is 6.16. The lowest BCUT2D eigenvalue weighted by Gasteiger charge is -2.06. The molecule has 0 amide bonds. The first-order valence-corrected chi connectivity index (χ1v) is 6.16. The quantitative estimate of drug-likeness (QED) is 0.584. The number of aromatic hydroxyl groups is 1. The SMILES string of the molecule is CCCCCC(=O)OCCc1ccccc1O. The highest BCUT2D eigenvalue weighted by molar-refractivity contribution is 5.69. The molecule has 17 heavy (non-hydrogen) atoms. The van der Waals surface area contributed by atoms with Gasteiger partial charge >= 0.3 is 5.97 Å². The van der Waals surface area contributed by atoms with Crippen molar-refractivity contribution in [3.63, 3.8) is 0 Å². The van der Waals surface area contributed by atoms with Crippen LogP contribution in [0.3, 0.4) is 0 Å². The van der Waals surface area contributed by atoms with Crippen LogP contribution in [-0.2, 0) is 16.0 Å². The fraction of sp³-hybridized carbons (Fsp3) is 0.500. The number of ether oxygens (including phenoxy) is 1. The van der Waals surface area contributed by atoms with Crippen LogP contribution >= 0.6 is 0 Å². The average Bonchev–Trinajstić information content (AvgIpc) is 2.32. The van der Waals surface area contributed by atoms with E-state index in [0.717, 1.165) is 24.8 Å². The third-order valence-corrected chi connectivity index (χ3v) is 2.61. The van der Waals surface area contributed by atoms with Gasteiger partial charge in [-0.25, -0.2) is 0 Å². The first kappa shape index (κ1) is 13.6. The zero-order chi connectivity index (χ0) is 12.5. The number of para-hydroxylation sites is 1. The second kappa shape index (κ2) is 7.71. The van der Waals surface area contributed by atoms with Gasteiger partial charge < -0.3 is 9.84 Å². The number of carbonyl (C=O) groups excluding carboxylic acids is 1. The van der Waals surface area contributed by atoms with E-state index in [-0.39, 0.29) is 11.7 Å². The number of esters is 1. The van der Waals surface area contributed by atoms with Crippen molar-refractivity contribution in [2.24, 2.45) is 0 Å². The van der Waals surface area contributed by atoms with Crippen molar-refractivity contribution in [3.8, 4) is 5.75 Å². The zero-order valence-corrected chi connectivity index (χ0v) is 10.3. The lowest BCUT2D eigenvalue weighted by Crippen LogP contribution is -2.07. The smallest absolute Gasteiger partial charge is 0.305 e. The number of phenolic OH excluding ortho intramolecular Hbond substituents is 1. The molecule has 3 nitrogen and oxygen atoms in total. The van der Waals surface area contributed by atoms with Gasteiger partial charge in [0.05, 0.1) is 6.61 Å². The molecule has 0 aliphatic carbocycles. The maximum atomic E-state index is 11.3. The highest BCUT2D eigenvalue weighted by Crippen LogP contribution is 2.15. The lowest BCUT2D eigenvalue weighted by molar-refractivity contribution is -0.143. The fourth-order valence-electron chi connectivity index (χ4n) is 1.59. The summed E-state index contributed by atoms with van der Waals surface area (Å²) in [6.45, 7) is 2.44. The highest BCUT2D eigenvalue weighted by Gasteiger charge is 2.04. The van der Waals surface area contributed by atoms with Crippen LogP contribution in [0.1, 0.15) is 38.2 Å². The van der Waals surface area contributed by atoms with E-state index in [9.17, 15) is 9.90 Å². The van der Waals surface area contributed by atoms with Gasteiger partial charge in [0.2, 0.25) is 0 Å². The Kier molecular flexibility index (Phi) is 6.15. The lowest BCUT2D eigenvalue weighted by atomic mass is 10.1.